The topological polar surface area (TPSA) is 97.3 Å². The Bertz CT molecular complexity index is 1220. The summed E-state index contributed by atoms with van der Waals surface area (Å²) >= 11 is 1.51. The second-order valence-corrected chi connectivity index (χ2v) is 7.97. The van der Waals surface area contributed by atoms with Crippen LogP contribution in [0.25, 0.3) is 11.5 Å². The zero-order valence-corrected chi connectivity index (χ0v) is 19.8. The number of aromatic nitrogens is 5. The van der Waals surface area contributed by atoms with Crippen molar-refractivity contribution in [2.24, 2.45) is 0 Å². The molecule has 2 aromatic heterocycles. The van der Waals surface area contributed by atoms with Crippen LogP contribution >= 0.6 is 11.8 Å². The van der Waals surface area contributed by atoms with Gasteiger partial charge in [0.25, 0.3) is 0 Å². The molecule has 0 radical (unpaired) electrons. The summed E-state index contributed by atoms with van der Waals surface area (Å²) < 4.78 is 23.9. The molecule has 10 heteroatoms. The maximum atomic E-state index is 5.83. The fourth-order valence-electron chi connectivity index (χ4n) is 3.36. The van der Waals surface area contributed by atoms with Crippen LogP contribution in [0.4, 0.5) is 0 Å². The normalized spacial score (nSPS) is 10.9. The van der Waals surface area contributed by atoms with Crippen molar-refractivity contribution in [2.45, 2.75) is 30.8 Å². The molecule has 172 valence electrons. The lowest BCUT2D eigenvalue weighted by Crippen LogP contribution is -2.04. The molecule has 0 bridgehead atoms. The van der Waals surface area contributed by atoms with Crippen molar-refractivity contribution >= 4 is 11.8 Å². The number of methoxy groups -OCH3 is 3. The SMILES string of the molecule is CCn1c(Cc2ccc(OC)c(OC)c2)nnc1SCc1nnc(-c2cccc(OC)c2)o1. The lowest BCUT2D eigenvalue weighted by molar-refractivity contribution is 0.354. The van der Waals surface area contributed by atoms with Gasteiger partial charge in [-0.05, 0) is 42.8 Å². The number of hydrogen-bond donors (Lipinski definition) is 0. The molecule has 0 atom stereocenters. The first-order chi connectivity index (χ1) is 16.1. The molecule has 2 heterocycles. The van der Waals surface area contributed by atoms with Gasteiger partial charge >= 0.3 is 0 Å². The van der Waals surface area contributed by atoms with E-state index in [1.54, 1.807) is 21.3 Å². The Kier molecular flexibility index (Phi) is 7.13. The molecule has 4 aromatic rings. The average molecular weight is 468 g/mol. The molecule has 0 N–H and O–H groups in total. The lowest BCUT2D eigenvalue weighted by Gasteiger charge is -2.10. The number of rotatable bonds is 10. The van der Waals surface area contributed by atoms with Gasteiger partial charge in [0.2, 0.25) is 11.8 Å². The third kappa shape index (κ3) is 5.11. The van der Waals surface area contributed by atoms with Crippen LogP contribution in [0.15, 0.2) is 52.0 Å². The van der Waals surface area contributed by atoms with E-state index in [1.807, 2.05) is 42.5 Å². The average Bonchev–Trinajstić information content (AvgIpc) is 3.49. The van der Waals surface area contributed by atoms with E-state index in [1.165, 1.54) is 11.8 Å². The molecule has 33 heavy (non-hydrogen) atoms. The Balaban J connectivity index is 1.45. The van der Waals surface area contributed by atoms with Crippen molar-refractivity contribution in [3.63, 3.8) is 0 Å². The molecule has 2 aromatic carbocycles. The fraction of sp³-hybridized carbons (Fsp3) is 0.304. The molecule has 0 unspecified atom stereocenters. The molecular weight excluding hydrogens is 442 g/mol. The van der Waals surface area contributed by atoms with Gasteiger partial charge in [-0.1, -0.05) is 23.9 Å². The van der Waals surface area contributed by atoms with Gasteiger partial charge in [0.1, 0.15) is 11.6 Å². The molecule has 0 aliphatic carbocycles. The van der Waals surface area contributed by atoms with Gasteiger partial charge in [-0.25, -0.2) is 0 Å². The third-order valence-electron chi connectivity index (χ3n) is 5.03. The van der Waals surface area contributed by atoms with Crippen LogP contribution in [0.2, 0.25) is 0 Å². The predicted octanol–water partition coefficient (Wildman–Crippen LogP) is 4.26. The molecular formula is C23H25N5O4S. The number of hydrogen-bond acceptors (Lipinski definition) is 9. The molecule has 0 fully saturated rings. The van der Waals surface area contributed by atoms with Crippen LogP contribution in [0, 0.1) is 0 Å². The molecule has 9 nitrogen and oxygen atoms in total. The van der Waals surface area contributed by atoms with Crippen molar-refractivity contribution < 1.29 is 18.6 Å². The maximum absolute atomic E-state index is 5.83. The van der Waals surface area contributed by atoms with Gasteiger partial charge in [-0.2, -0.15) is 0 Å². The number of thioether (sulfide) groups is 1. The number of ether oxygens (including phenoxy) is 3. The Morgan fingerprint density at radius 1 is 0.909 bits per heavy atom. The first-order valence-corrected chi connectivity index (χ1v) is 11.4. The highest BCUT2D eigenvalue weighted by atomic mass is 32.2. The summed E-state index contributed by atoms with van der Waals surface area (Å²) in [5, 5.41) is 17.9. The Morgan fingerprint density at radius 2 is 1.76 bits per heavy atom. The smallest absolute Gasteiger partial charge is 0.247 e. The van der Waals surface area contributed by atoms with E-state index in [-0.39, 0.29) is 0 Å². The van der Waals surface area contributed by atoms with Crippen molar-refractivity contribution in [2.75, 3.05) is 21.3 Å². The van der Waals surface area contributed by atoms with Gasteiger partial charge in [0.05, 0.1) is 27.1 Å². The van der Waals surface area contributed by atoms with Crippen LogP contribution in [0.3, 0.4) is 0 Å². The molecule has 0 saturated carbocycles. The van der Waals surface area contributed by atoms with Gasteiger partial charge in [-0.15, -0.1) is 20.4 Å². The number of nitrogens with zero attached hydrogens (tertiary/aromatic N) is 5. The summed E-state index contributed by atoms with van der Waals surface area (Å²) in [4.78, 5) is 0. The Labute approximate surface area is 196 Å². The Hall–Kier alpha value is -3.53. The fourth-order valence-corrected chi connectivity index (χ4v) is 4.22. The van der Waals surface area contributed by atoms with Crippen LogP contribution in [0.1, 0.15) is 24.2 Å². The van der Waals surface area contributed by atoms with Crippen LogP contribution in [-0.2, 0) is 18.7 Å². The van der Waals surface area contributed by atoms with Gasteiger partial charge in [-0.3, -0.25) is 0 Å². The minimum atomic E-state index is 0.454. The molecule has 4 rings (SSSR count). The van der Waals surface area contributed by atoms with E-state index in [9.17, 15) is 0 Å². The zero-order chi connectivity index (χ0) is 23.2. The van der Waals surface area contributed by atoms with Crippen molar-refractivity contribution in [1.29, 1.82) is 0 Å². The van der Waals surface area contributed by atoms with E-state index < -0.39 is 0 Å². The van der Waals surface area contributed by atoms with Gasteiger partial charge in [0, 0.05) is 18.5 Å². The van der Waals surface area contributed by atoms with Gasteiger partial charge < -0.3 is 23.2 Å². The third-order valence-corrected chi connectivity index (χ3v) is 5.98. The summed E-state index contributed by atoms with van der Waals surface area (Å²) in [6.45, 7) is 2.82. The van der Waals surface area contributed by atoms with Crippen LogP contribution < -0.4 is 14.2 Å². The molecule has 0 aliphatic heterocycles. The highest BCUT2D eigenvalue weighted by molar-refractivity contribution is 7.98. The van der Waals surface area contributed by atoms with Crippen LogP contribution in [-0.4, -0.2) is 46.3 Å². The van der Waals surface area contributed by atoms with E-state index in [0.717, 1.165) is 34.4 Å². The summed E-state index contributed by atoms with van der Waals surface area (Å²) in [6, 6.07) is 13.4. The summed E-state index contributed by atoms with van der Waals surface area (Å²) in [5.74, 6) is 4.46. The first kappa shape index (κ1) is 22.7. The zero-order valence-electron chi connectivity index (χ0n) is 18.9. The molecule has 0 saturated heterocycles. The standard InChI is InChI=1S/C23H25N5O4S/c1-5-28-20(12-15-9-10-18(30-3)19(11-15)31-4)24-27-23(28)33-14-21-25-26-22(32-21)16-7-6-8-17(13-16)29-2/h6-11,13H,5,12,14H2,1-4H3. The highest BCUT2D eigenvalue weighted by Gasteiger charge is 2.16. The summed E-state index contributed by atoms with van der Waals surface area (Å²) in [5.41, 5.74) is 1.87. The highest BCUT2D eigenvalue weighted by Crippen LogP contribution is 2.29. The summed E-state index contributed by atoms with van der Waals surface area (Å²) in [7, 11) is 4.87. The van der Waals surface area contributed by atoms with Crippen molar-refractivity contribution in [3.8, 4) is 28.7 Å². The maximum Gasteiger partial charge on any atom is 0.247 e. The van der Waals surface area contributed by atoms with E-state index in [4.69, 9.17) is 18.6 Å². The monoisotopic (exact) mass is 467 g/mol. The van der Waals surface area contributed by atoms with E-state index >= 15 is 0 Å². The largest absolute Gasteiger partial charge is 0.497 e. The van der Waals surface area contributed by atoms with Crippen molar-refractivity contribution in [3.05, 3.63) is 59.7 Å². The van der Waals surface area contributed by atoms with Crippen molar-refractivity contribution in [1.82, 2.24) is 25.0 Å². The molecule has 0 aliphatic rings. The Morgan fingerprint density at radius 3 is 2.52 bits per heavy atom. The lowest BCUT2D eigenvalue weighted by atomic mass is 10.1. The second-order valence-electron chi connectivity index (χ2n) is 7.03. The minimum absolute atomic E-state index is 0.454. The first-order valence-electron chi connectivity index (χ1n) is 10.4. The predicted molar refractivity (Wildman–Crippen MR) is 124 cm³/mol. The number of benzene rings is 2. The summed E-state index contributed by atoms with van der Waals surface area (Å²) in [6.07, 6.45) is 0.627. The van der Waals surface area contributed by atoms with Crippen LogP contribution in [0.5, 0.6) is 17.2 Å². The van der Waals surface area contributed by atoms with E-state index in [2.05, 4.69) is 31.9 Å². The van der Waals surface area contributed by atoms with Gasteiger partial charge in [0.15, 0.2) is 16.7 Å². The quantitative estimate of drug-likeness (QED) is 0.317. The van der Waals surface area contributed by atoms with E-state index in [0.29, 0.717) is 35.5 Å². The minimum Gasteiger partial charge on any atom is -0.497 e. The molecule has 0 amide bonds. The second kappa shape index (κ2) is 10.4. The molecule has 0 spiro atoms.